The van der Waals surface area contributed by atoms with Gasteiger partial charge < -0.3 is 20.4 Å². The van der Waals surface area contributed by atoms with Crippen molar-refractivity contribution in [1.82, 2.24) is 14.5 Å². The van der Waals surface area contributed by atoms with Crippen LogP contribution >= 0.6 is 23.4 Å². The number of aliphatic hydroxyl groups excluding tert-OH is 2. The van der Waals surface area contributed by atoms with Gasteiger partial charge in [0.05, 0.1) is 18.1 Å². The number of rotatable bonds is 19. The molecule has 1 aliphatic rings. The van der Waals surface area contributed by atoms with Crippen molar-refractivity contribution in [2.75, 3.05) is 75.0 Å². The molecule has 0 aliphatic carbocycles. The molecule has 10 nitrogen and oxygen atoms in total. The molecule has 1 fully saturated rings. The van der Waals surface area contributed by atoms with E-state index in [1.54, 1.807) is 36.0 Å². The molecule has 4 N–H and O–H groups in total. The van der Waals surface area contributed by atoms with Crippen LogP contribution in [0.3, 0.4) is 0 Å². The number of sulfonamides is 1. The van der Waals surface area contributed by atoms with Crippen molar-refractivity contribution in [2.24, 2.45) is 0 Å². The molecule has 0 saturated carbocycles. The molecule has 1 saturated heterocycles. The normalized spacial score (nSPS) is 14.1. The van der Waals surface area contributed by atoms with Gasteiger partial charge in [0.15, 0.2) is 0 Å². The van der Waals surface area contributed by atoms with Gasteiger partial charge in [-0.05, 0) is 102 Å². The van der Waals surface area contributed by atoms with Gasteiger partial charge >= 0.3 is 0 Å². The van der Waals surface area contributed by atoms with Crippen LogP contribution in [-0.4, -0.2) is 105 Å². The van der Waals surface area contributed by atoms with Gasteiger partial charge in [0, 0.05) is 91.0 Å². The van der Waals surface area contributed by atoms with E-state index in [1.165, 1.54) is 17.2 Å². The Morgan fingerprint density at radius 1 is 0.828 bits per heavy atom. The zero-order valence-electron chi connectivity index (χ0n) is 32.8. The topological polar surface area (TPSA) is 125 Å². The molecule has 1 atom stereocenters. The minimum Gasteiger partial charge on any atom is -0.395 e. The number of amides is 1. The van der Waals surface area contributed by atoms with Gasteiger partial charge in [0.25, 0.3) is 15.9 Å². The lowest BCUT2D eigenvalue weighted by Crippen LogP contribution is -2.46. The average molecular weight is 843 g/mol. The predicted octanol–water partition coefficient (Wildman–Crippen LogP) is 7.01. The van der Waals surface area contributed by atoms with Gasteiger partial charge in [0.2, 0.25) is 0 Å². The van der Waals surface area contributed by atoms with Gasteiger partial charge in [-0.1, -0.05) is 66.2 Å². The molecule has 0 aromatic heterocycles. The van der Waals surface area contributed by atoms with E-state index in [0.29, 0.717) is 19.6 Å². The van der Waals surface area contributed by atoms with Gasteiger partial charge in [-0.2, -0.15) is 0 Å². The highest BCUT2D eigenvalue weighted by molar-refractivity contribution is 7.99. The third kappa shape index (κ3) is 12.1. The fourth-order valence-electron chi connectivity index (χ4n) is 7.09. The molecule has 13 heteroatoms. The number of benzene rings is 5. The molecule has 5 aromatic carbocycles. The summed E-state index contributed by atoms with van der Waals surface area (Å²) in [5.74, 6) is 0.0606. The van der Waals surface area contributed by atoms with Crippen LogP contribution in [0.1, 0.15) is 27.9 Å². The fraction of sp³-hybridized carbons (Fsp3) is 0.311. The fourth-order valence-corrected chi connectivity index (χ4v) is 9.27. The SMILES string of the molecule is Cc1cc(S(=O)(=O)NC(=O)c2ccc(N3CCN(Cc4ccccc4-c4ccc(Cl)cc4)CC3)cc2)ccc1N[C@H](CCN(CCO)CCO)CSc1ccccc1. The van der Waals surface area contributed by atoms with E-state index < -0.39 is 15.9 Å². The highest BCUT2D eigenvalue weighted by Gasteiger charge is 2.23. The number of carbonyl (C=O) groups excluding carboxylic acids is 1. The lowest BCUT2D eigenvalue weighted by atomic mass is 9.99. The summed E-state index contributed by atoms with van der Waals surface area (Å²) in [6.07, 6.45) is 0.741. The standard InChI is InChI=1S/C45H52ClN5O5S2/c1-34-31-42(19-20-44(34)47-39(21-22-49(27-29-52)28-30-53)33-57-41-8-3-2-4-9-41)58(55,56)48-45(54)36-13-17-40(18-14-36)51-25-23-50(24-26-51)32-37-7-5-6-10-43(37)35-11-15-38(46)16-12-35/h2-20,31,39,47,52-53H,21-30,32-33H2,1H3,(H,48,54)/t39-/m1/s1. The molecule has 1 heterocycles. The van der Waals surface area contributed by atoms with Crippen molar-refractivity contribution in [3.8, 4) is 11.1 Å². The average Bonchev–Trinajstić information content (AvgIpc) is 3.23. The summed E-state index contributed by atoms with van der Waals surface area (Å²) in [4.78, 5) is 21.1. The molecule has 0 bridgehead atoms. The number of hydrogen-bond acceptors (Lipinski definition) is 10. The van der Waals surface area contributed by atoms with Crippen molar-refractivity contribution >= 4 is 50.7 Å². The largest absolute Gasteiger partial charge is 0.395 e. The second-order valence-corrected chi connectivity index (χ2v) is 17.6. The molecule has 0 spiro atoms. The van der Waals surface area contributed by atoms with Gasteiger partial charge in [-0.25, -0.2) is 13.1 Å². The van der Waals surface area contributed by atoms with E-state index in [4.69, 9.17) is 11.6 Å². The van der Waals surface area contributed by atoms with Crippen molar-refractivity contribution in [3.05, 3.63) is 143 Å². The lowest BCUT2D eigenvalue weighted by molar-refractivity contribution is 0.0981. The van der Waals surface area contributed by atoms with E-state index >= 15 is 0 Å². The smallest absolute Gasteiger partial charge is 0.264 e. The highest BCUT2D eigenvalue weighted by Crippen LogP contribution is 2.28. The lowest BCUT2D eigenvalue weighted by Gasteiger charge is -2.36. The Labute approximate surface area is 351 Å². The van der Waals surface area contributed by atoms with Crippen LogP contribution in [0, 0.1) is 6.92 Å². The minimum absolute atomic E-state index is 0.00135. The van der Waals surface area contributed by atoms with Crippen LogP contribution in [-0.2, 0) is 16.6 Å². The first-order valence-electron chi connectivity index (χ1n) is 19.6. The Morgan fingerprint density at radius 3 is 2.17 bits per heavy atom. The number of halogens is 1. The first-order valence-corrected chi connectivity index (χ1v) is 22.4. The van der Waals surface area contributed by atoms with Crippen LogP contribution in [0.2, 0.25) is 5.02 Å². The van der Waals surface area contributed by atoms with E-state index in [-0.39, 0.29) is 29.7 Å². The zero-order valence-corrected chi connectivity index (χ0v) is 35.2. The first-order chi connectivity index (χ1) is 28.1. The number of thioether (sulfide) groups is 1. The Bertz CT molecular complexity index is 2180. The number of anilines is 2. The Kier molecular flexibility index (Phi) is 15.7. The number of hydrogen-bond donors (Lipinski definition) is 4. The molecule has 0 radical (unpaired) electrons. The third-order valence-electron chi connectivity index (χ3n) is 10.3. The number of piperazine rings is 1. The molecule has 0 unspecified atom stereocenters. The van der Waals surface area contributed by atoms with Crippen molar-refractivity contribution in [2.45, 2.75) is 35.7 Å². The third-order valence-corrected chi connectivity index (χ3v) is 13.1. The summed E-state index contributed by atoms with van der Waals surface area (Å²) in [6, 6.07) is 38.4. The Hall–Kier alpha value is -4.40. The molecule has 306 valence electrons. The number of nitrogens with zero attached hydrogens (tertiary/aromatic N) is 3. The molecular formula is C45H52ClN5O5S2. The Balaban J connectivity index is 1.03. The first kappa shape index (κ1) is 43.2. The molecular weight excluding hydrogens is 790 g/mol. The van der Waals surface area contributed by atoms with E-state index in [1.807, 2.05) is 54.3 Å². The van der Waals surface area contributed by atoms with Crippen molar-refractivity contribution in [3.63, 3.8) is 0 Å². The monoisotopic (exact) mass is 841 g/mol. The quantitative estimate of drug-likeness (QED) is 0.0646. The summed E-state index contributed by atoms with van der Waals surface area (Å²) in [5.41, 5.74) is 6.37. The van der Waals surface area contributed by atoms with Crippen LogP contribution < -0.4 is 14.9 Å². The summed E-state index contributed by atoms with van der Waals surface area (Å²) >= 11 is 7.85. The molecule has 6 rings (SSSR count). The number of aryl methyl sites for hydroxylation is 1. The van der Waals surface area contributed by atoms with E-state index in [0.717, 1.165) is 77.3 Å². The maximum absolute atomic E-state index is 13.4. The van der Waals surface area contributed by atoms with Crippen LogP contribution in [0.4, 0.5) is 11.4 Å². The summed E-state index contributed by atoms with van der Waals surface area (Å²) in [7, 11) is -4.15. The van der Waals surface area contributed by atoms with E-state index in [9.17, 15) is 23.4 Å². The van der Waals surface area contributed by atoms with Crippen molar-refractivity contribution < 1.29 is 23.4 Å². The Morgan fingerprint density at radius 2 is 1.50 bits per heavy atom. The van der Waals surface area contributed by atoms with Crippen molar-refractivity contribution in [1.29, 1.82) is 0 Å². The molecule has 58 heavy (non-hydrogen) atoms. The summed E-state index contributed by atoms with van der Waals surface area (Å²) in [6.45, 7) is 7.73. The summed E-state index contributed by atoms with van der Waals surface area (Å²) < 4.78 is 29.1. The number of nitrogens with one attached hydrogen (secondary N) is 2. The second-order valence-electron chi connectivity index (χ2n) is 14.4. The maximum atomic E-state index is 13.4. The van der Waals surface area contributed by atoms with Gasteiger partial charge in [0.1, 0.15) is 0 Å². The van der Waals surface area contributed by atoms with E-state index in [2.05, 4.69) is 68.4 Å². The zero-order chi connectivity index (χ0) is 40.9. The minimum atomic E-state index is -4.15. The number of aliphatic hydroxyl groups is 2. The van der Waals surface area contributed by atoms with Crippen LogP contribution in [0.5, 0.6) is 0 Å². The number of carbonyl (C=O) groups is 1. The van der Waals surface area contributed by atoms with Gasteiger partial charge in [-0.15, -0.1) is 11.8 Å². The maximum Gasteiger partial charge on any atom is 0.264 e. The van der Waals surface area contributed by atoms with Crippen LogP contribution in [0.25, 0.3) is 11.1 Å². The predicted molar refractivity (Wildman–Crippen MR) is 236 cm³/mol. The summed E-state index contributed by atoms with van der Waals surface area (Å²) in [5, 5.41) is 23.3. The molecule has 5 aromatic rings. The molecule has 1 aliphatic heterocycles. The van der Waals surface area contributed by atoms with Crippen LogP contribution in [0.15, 0.2) is 131 Å². The second kappa shape index (κ2) is 21.0. The highest BCUT2D eigenvalue weighted by atomic mass is 35.5. The van der Waals surface area contributed by atoms with Gasteiger partial charge in [-0.3, -0.25) is 14.6 Å². The molecule has 1 amide bonds.